The van der Waals surface area contributed by atoms with E-state index in [0.29, 0.717) is 29.2 Å². The number of rotatable bonds is 8. The first-order valence-electron chi connectivity index (χ1n) is 11.0. The highest BCUT2D eigenvalue weighted by atomic mass is 32.1. The molecule has 0 spiro atoms. The van der Waals surface area contributed by atoms with Gasteiger partial charge in [-0.3, -0.25) is 9.78 Å². The van der Waals surface area contributed by atoms with E-state index in [1.807, 2.05) is 23.6 Å². The van der Waals surface area contributed by atoms with Gasteiger partial charge in [0, 0.05) is 25.1 Å². The quantitative estimate of drug-likeness (QED) is 0.383. The largest absolute Gasteiger partial charge is 0.493 e. The molecule has 1 unspecified atom stereocenters. The lowest BCUT2D eigenvalue weighted by molar-refractivity contribution is -0.153. The zero-order valence-electron chi connectivity index (χ0n) is 19.8. The van der Waals surface area contributed by atoms with Crippen molar-refractivity contribution in [2.75, 3.05) is 13.7 Å². The Bertz CT molecular complexity index is 1260. The number of nitrogens with zero attached hydrogens (tertiary/aromatic N) is 3. The normalized spacial score (nSPS) is 15.6. The van der Waals surface area contributed by atoms with E-state index in [2.05, 4.69) is 10.1 Å². The smallest absolute Gasteiger partial charge is 0.422 e. The predicted octanol–water partition coefficient (Wildman–Crippen LogP) is 5.68. The van der Waals surface area contributed by atoms with E-state index in [1.165, 1.54) is 31.3 Å². The second-order valence-electron chi connectivity index (χ2n) is 8.09. The van der Waals surface area contributed by atoms with Crippen molar-refractivity contribution < 1.29 is 32.2 Å². The number of alkyl halides is 3. The van der Waals surface area contributed by atoms with Crippen molar-refractivity contribution in [3.63, 3.8) is 0 Å². The molecule has 0 saturated carbocycles. The van der Waals surface area contributed by atoms with Crippen LogP contribution < -0.4 is 14.2 Å². The molecule has 190 valence electrons. The Morgan fingerprint density at radius 2 is 1.97 bits per heavy atom. The molecule has 4 rings (SSSR count). The summed E-state index contributed by atoms with van der Waals surface area (Å²) in [5.74, 6) is 0.800. The van der Waals surface area contributed by atoms with Gasteiger partial charge in [0.1, 0.15) is 12.4 Å². The summed E-state index contributed by atoms with van der Waals surface area (Å²) in [6.07, 6.45) is -2.50. The summed E-state index contributed by atoms with van der Waals surface area (Å²) in [5, 5.41) is 7.98. The SMILES string of the molecule is COc1cc(C2CC(c3cccs3)=NN2C(C)=O)ccc1OCc1nccc(OCC(F)(F)F)c1C. The van der Waals surface area contributed by atoms with Crippen molar-refractivity contribution in [3.05, 3.63) is 69.7 Å². The van der Waals surface area contributed by atoms with Crippen molar-refractivity contribution in [3.8, 4) is 17.2 Å². The van der Waals surface area contributed by atoms with E-state index in [0.717, 1.165) is 16.2 Å². The Morgan fingerprint density at radius 1 is 1.17 bits per heavy atom. The van der Waals surface area contributed by atoms with Gasteiger partial charge in [0.2, 0.25) is 5.91 Å². The van der Waals surface area contributed by atoms with Crippen LogP contribution in [0.4, 0.5) is 13.2 Å². The summed E-state index contributed by atoms with van der Waals surface area (Å²) in [6.45, 7) is 1.72. The average molecular weight is 520 g/mol. The molecule has 0 bridgehead atoms. The lowest BCUT2D eigenvalue weighted by atomic mass is 10.0. The molecule has 2 aromatic heterocycles. The molecule has 1 aromatic carbocycles. The summed E-state index contributed by atoms with van der Waals surface area (Å²) < 4.78 is 53.9. The van der Waals surface area contributed by atoms with Crippen molar-refractivity contribution in [1.82, 2.24) is 9.99 Å². The molecule has 1 aliphatic rings. The van der Waals surface area contributed by atoms with Gasteiger partial charge in [-0.2, -0.15) is 18.3 Å². The van der Waals surface area contributed by atoms with Crippen LogP contribution in [0.25, 0.3) is 0 Å². The number of amides is 1. The van der Waals surface area contributed by atoms with Gasteiger partial charge < -0.3 is 14.2 Å². The number of aromatic nitrogens is 1. The zero-order valence-corrected chi connectivity index (χ0v) is 20.7. The van der Waals surface area contributed by atoms with E-state index >= 15 is 0 Å². The molecule has 0 saturated heterocycles. The van der Waals surface area contributed by atoms with E-state index in [1.54, 1.807) is 30.4 Å². The topological polar surface area (TPSA) is 73.2 Å². The number of thiophene rings is 1. The number of carbonyl (C=O) groups excluding carboxylic acids is 1. The monoisotopic (exact) mass is 519 g/mol. The number of hydrazone groups is 1. The molecule has 1 atom stereocenters. The van der Waals surface area contributed by atoms with Crippen LogP contribution in [0.2, 0.25) is 0 Å². The zero-order chi connectivity index (χ0) is 25.9. The molecule has 0 aliphatic carbocycles. The maximum atomic E-state index is 12.5. The Hall–Kier alpha value is -3.60. The fourth-order valence-corrected chi connectivity index (χ4v) is 4.55. The molecule has 3 heterocycles. The number of benzene rings is 1. The number of methoxy groups -OCH3 is 1. The van der Waals surface area contributed by atoms with Gasteiger partial charge in [0.15, 0.2) is 18.1 Å². The van der Waals surface area contributed by atoms with Crippen LogP contribution in [0.5, 0.6) is 17.2 Å². The van der Waals surface area contributed by atoms with Gasteiger partial charge in [-0.05, 0) is 42.1 Å². The number of ether oxygens (including phenoxy) is 3. The van der Waals surface area contributed by atoms with Gasteiger partial charge in [0.05, 0.1) is 29.4 Å². The van der Waals surface area contributed by atoms with E-state index in [9.17, 15) is 18.0 Å². The summed E-state index contributed by atoms with van der Waals surface area (Å²) in [7, 11) is 1.51. The number of pyridine rings is 1. The first kappa shape index (κ1) is 25.5. The van der Waals surface area contributed by atoms with Crippen LogP contribution in [0.1, 0.15) is 41.1 Å². The minimum absolute atomic E-state index is 0.000601. The Morgan fingerprint density at radius 3 is 2.64 bits per heavy atom. The maximum absolute atomic E-state index is 12.5. The summed E-state index contributed by atoms with van der Waals surface area (Å²) in [4.78, 5) is 17.5. The number of hydrogen-bond donors (Lipinski definition) is 0. The van der Waals surface area contributed by atoms with E-state index in [-0.39, 0.29) is 24.3 Å². The lowest BCUT2D eigenvalue weighted by Gasteiger charge is -2.22. The Kier molecular flexibility index (Phi) is 7.48. The van der Waals surface area contributed by atoms with Gasteiger partial charge in [-0.15, -0.1) is 11.3 Å². The molecule has 11 heteroatoms. The molecular formula is C25H24F3N3O4S. The third-order valence-electron chi connectivity index (χ3n) is 5.63. The number of carbonyl (C=O) groups is 1. The van der Waals surface area contributed by atoms with E-state index < -0.39 is 12.8 Å². The third-order valence-corrected chi connectivity index (χ3v) is 6.54. The summed E-state index contributed by atoms with van der Waals surface area (Å²) >= 11 is 1.57. The average Bonchev–Trinajstić information content (AvgIpc) is 3.52. The first-order chi connectivity index (χ1) is 17.2. The van der Waals surface area contributed by atoms with Gasteiger partial charge in [0.25, 0.3) is 0 Å². The van der Waals surface area contributed by atoms with Crippen LogP contribution in [-0.2, 0) is 11.4 Å². The van der Waals surface area contributed by atoms with E-state index in [4.69, 9.17) is 14.2 Å². The Labute approximate surface area is 210 Å². The molecule has 7 nitrogen and oxygen atoms in total. The first-order valence-corrected chi connectivity index (χ1v) is 11.9. The minimum atomic E-state index is -4.44. The molecule has 1 aliphatic heterocycles. The van der Waals surface area contributed by atoms with Crippen LogP contribution in [0.15, 0.2) is 53.1 Å². The molecule has 0 radical (unpaired) electrons. The molecule has 0 fully saturated rings. The van der Waals surface area contributed by atoms with Crippen LogP contribution >= 0.6 is 11.3 Å². The fraction of sp³-hybridized carbons (Fsp3) is 0.320. The van der Waals surface area contributed by atoms with Gasteiger partial charge in [-0.25, -0.2) is 5.01 Å². The van der Waals surface area contributed by atoms with Crippen molar-refractivity contribution >= 4 is 23.0 Å². The van der Waals surface area contributed by atoms with Crippen molar-refractivity contribution in [2.45, 2.75) is 39.1 Å². The highest BCUT2D eigenvalue weighted by Crippen LogP contribution is 2.38. The highest BCUT2D eigenvalue weighted by molar-refractivity contribution is 7.12. The predicted molar refractivity (Wildman–Crippen MR) is 129 cm³/mol. The fourth-order valence-electron chi connectivity index (χ4n) is 3.83. The lowest BCUT2D eigenvalue weighted by Crippen LogP contribution is -2.24. The van der Waals surface area contributed by atoms with Gasteiger partial charge >= 0.3 is 6.18 Å². The van der Waals surface area contributed by atoms with Gasteiger partial charge in [-0.1, -0.05) is 12.1 Å². The molecule has 1 amide bonds. The molecule has 0 N–H and O–H groups in total. The van der Waals surface area contributed by atoms with Crippen LogP contribution in [0.3, 0.4) is 0 Å². The van der Waals surface area contributed by atoms with Crippen LogP contribution in [0, 0.1) is 6.92 Å². The highest BCUT2D eigenvalue weighted by Gasteiger charge is 2.32. The van der Waals surface area contributed by atoms with Crippen molar-refractivity contribution in [2.24, 2.45) is 5.10 Å². The summed E-state index contributed by atoms with van der Waals surface area (Å²) in [6, 6.07) is 10.4. The summed E-state index contributed by atoms with van der Waals surface area (Å²) in [5.41, 5.74) is 2.58. The molecule has 36 heavy (non-hydrogen) atoms. The molecular weight excluding hydrogens is 495 g/mol. The number of hydrogen-bond acceptors (Lipinski definition) is 7. The molecule has 3 aromatic rings. The Balaban J connectivity index is 1.50. The van der Waals surface area contributed by atoms with Crippen LogP contribution in [-0.4, -0.2) is 41.5 Å². The second-order valence-corrected chi connectivity index (χ2v) is 9.04. The maximum Gasteiger partial charge on any atom is 0.422 e. The van der Waals surface area contributed by atoms with Crippen molar-refractivity contribution in [1.29, 1.82) is 0 Å². The number of halogens is 3. The minimum Gasteiger partial charge on any atom is -0.493 e. The second kappa shape index (κ2) is 10.6. The standard InChI is InChI=1S/C25H24F3N3O4S/c1-15-19(29-9-8-21(15)35-14-25(26,27)28)13-34-22-7-6-17(11-23(22)33-3)20-12-18(24-5-4-10-36-24)30-31(20)16(2)32/h4-11,20H,12-14H2,1-3H3. The third kappa shape index (κ3) is 5.78.